The topological polar surface area (TPSA) is 49.0 Å². The van der Waals surface area contributed by atoms with Crippen molar-refractivity contribution in [2.24, 2.45) is 0 Å². The van der Waals surface area contributed by atoms with E-state index in [9.17, 15) is 4.79 Å². The quantitative estimate of drug-likeness (QED) is 0.757. The zero-order valence-corrected chi connectivity index (χ0v) is 14.9. The second kappa shape index (κ2) is 6.52. The number of halogens is 1. The van der Waals surface area contributed by atoms with Crippen molar-refractivity contribution < 1.29 is 4.79 Å². The van der Waals surface area contributed by atoms with E-state index >= 15 is 0 Å². The molecule has 1 aromatic heterocycles. The third-order valence-corrected chi connectivity index (χ3v) is 5.02. The van der Waals surface area contributed by atoms with E-state index in [2.05, 4.69) is 24.0 Å². The molecule has 4 rings (SSSR count). The van der Waals surface area contributed by atoms with Gasteiger partial charge in [0.05, 0.1) is 23.5 Å². The fourth-order valence-electron chi connectivity index (χ4n) is 3.57. The summed E-state index contributed by atoms with van der Waals surface area (Å²) in [5, 5.41) is 0.663. The van der Waals surface area contributed by atoms with Gasteiger partial charge in [-0.3, -0.25) is 4.79 Å². The number of carbonyl (C=O) groups excluding carboxylic acids is 1. The predicted octanol–water partition coefficient (Wildman–Crippen LogP) is 4.43. The number of carbonyl (C=O) groups is 1. The highest BCUT2D eigenvalue weighted by Crippen LogP contribution is 2.32. The van der Waals surface area contributed by atoms with Crippen LogP contribution in [0.25, 0.3) is 11.0 Å². The van der Waals surface area contributed by atoms with Crippen molar-refractivity contribution in [3.05, 3.63) is 64.4 Å². The molecule has 0 aliphatic carbocycles. The van der Waals surface area contributed by atoms with Crippen molar-refractivity contribution in [3.63, 3.8) is 0 Å². The average Bonchev–Trinajstić information content (AvgIpc) is 3.20. The van der Waals surface area contributed by atoms with Crippen LogP contribution in [0, 0.1) is 6.92 Å². The molecule has 1 saturated heterocycles. The summed E-state index contributed by atoms with van der Waals surface area (Å²) in [6.45, 7) is 2.84. The molecule has 3 aromatic rings. The minimum Gasteiger partial charge on any atom is -0.340 e. The third-order valence-electron chi connectivity index (χ3n) is 4.79. The van der Waals surface area contributed by atoms with E-state index in [1.54, 1.807) is 0 Å². The molecule has 4 nitrogen and oxygen atoms in total. The molecular formula is C20H20ClN3O. The van der Waals surface area contributed by atoms with Gasteiger partial charge in [-0.2, -0.15) is 0 Å². The number of fused-ring (bicyclic) bond motifs is 1. The number of amides is 1. The Labute approximate surface area is 151 Å². The van der Waals surface area contributed by atoms with E-state index in [0.29, 0.717) is 11.4 Å². The summed E-state index contributed by atoms with van der Waals surface area (Å²) in [6, 6.07) is 13.7. The maximum Gasteiger partial charge on any atom is 0.227 e. The summed E-state index contributed by atoms with van der Waals surface area (Å²) in [5.41, 5.74) is 4.13. The monoisotopic (exact) mass is 353 g/mol. The Morgan fingerprint density at radius 2 is 2.20 bits per heavy atom. The van der Waals surface area contributed by atoms with Crippen LogP contribution in [0.5, 0.6) is 0 Å². The lowest BCUT2D eigenvalue weighted by molar-refractivity contribution is -0.131. The van der Waals surface area contributed by atoms with Crippen LogP contribution >= 0.6 is 11.6 Å². The number of imidazole rings is 1. The zero-order valence-electron chi connectivity index (χ0n) is 14.1. The largest absolute Gasteiger partial charge is 0.340 e. The van der Waals surface area contributed by atoms with Crippen LogP contribution in [0.4, 0.5) is 0 Å². The molecule has 1 aliphatic heterocycles. The van der Waals surface area contributed by atoms with Crippen LogP contribution in [-0.4, -0.2) is 27.3 Å². The van der Waals surface area contributed by atoms with Gasteiger partial charge in [-0.05, 0) is 55.2 Å². The standard InChI is InChI=1S/C20H20ClN3O/c1-13-7-8-16-17(10-13)23-20(22-16)18-6-3-9-24(18)19(25)12-14-4-2-5-15(21)11-14/h2,4-5,7-8,10-11,18H,3,6,9,12H2,1H3,(H,22,23). The van der Waals surface area contributed by atoms with E-state index < -0.39 is 0 Å². The van der Waals surface area contributed by atoms with E-state index in [-0.39, 0.29) is 11.9 Å². The smallest absolute Gasteiger partial charge is 0.227 e. The molecule has 1 aliphatic rings. The van der Waals surface area contributed by atoms with E-state index in [1.165, 1.54) is 5.56 Å². The van der Waals surface area contributed by atoms with Gasteiger partial charge in [-0.25, -0.2) is 4.98 Å². The van der Waals surface area contributed by atoms with Crippen LogP contribution < -0.4 is 0 Å². The second-order valence-electron chi connectivity index (χ2n) is 6.69. The first-order valence-electron chi connectivity index (χ1n) is 8.60. The summed E-state index contributed by atoms with van der Waals surface area (Å²) in [5.74, 6) is 1.01. The Bertz CT molecular complexity index is 934. The van der Waals surface area contributed by atoms with Crippen molar-refractivity contribution in [1.82, 2.24) is 14.9 Å². The number of aromatic nitrogens is 2. The molecule has 2 aromatic carbocycles. The lowest BCUT2D eigenvalue weighted by atomic mass is 10.1. The molecule has 5 heteroatoms. The van der Waals surface area contributed by atoms with Crippen molar-refractivity contribution in [2.45, 2.75) is 32.2 Å². The number of likely N-dealkylation sites (tertiary alicyclic amines) is 1. The summed E-state index contributed by atoms with van der Waals surface area (Å²) in [6.07, 6.45) is 2.32. The fraction of sp³-hybridized carbons (Fsp3) is 0.300. The number of hydrogen-bond acceptors (Lipinski definition) is 2. The first-order chi connectivity index (χ1) is 12.1. The molecule has 1 fully saturated rings. The Balaban J connectivity index is 1.57. The minimum atomic E-state index is 0.0272. The highest BCUT2D eigenvalue weighted by Gasteiger charge is 2.32. The molecule has 128 valence electrons. The fourth-order valence-corrected chi connectivity index (χ4v) is 3.79. The Morgan fingerprint density at radius 3 is 3.04 bits per heavy atom. The third kappa shape index (κ3) is 3.27. The molecule has 0 spiro atoms. The lowest BCUT2D eigenvalue weighted by Gasteiger charge is -2.23. The van der Waals surface area contributed by atoms with Crippen molar-refractivity contribution in [3.8, 4) is 0 Å². The first-order valence-corrected chi connectivity index (χ1v) is 8.98. The van der Waals surface area contributed by atoms with Crippen molar-refractivity contribution in [2.75, 3.05) is 6.54 Å². The summed E-state index contributed by atoms with van der Waals surface area (Å²) >= 11 is 6.03. The number of nitrogens with zero attached hydrogens (tertiary/aromatic N) is 2. The molecule has 1 atom stereocenters. The molecule has 2 heterocycles. The van der Waals surface area contributed by atoms with E-state index in [1.807, 2.05) is 35.2 Å². The number of nitrogens with one attached hydrogen (secondary N) is 1. The molecule has 1 N–H and O–H groups in total. The Morgan fingerprint density at radius 1 is 1.32 bits per heavy atom. The maximum absolute atomic E-state index is 12.8. The maximum atomic E-state index is 12.8. The molecule has 1 amide bonds. The van der Waals surface area contributed by atoms with Gasteiger partial charge in [0.1, 0.15) is 5.82 Å². The Hall–Kier alpha value is -2.33. The van der Waals surface area contributed by atoms with Gasteiger partial charge in [0.25, 0.3) is 0 Å². The van der Waals surface area contributed by atoms with Crippen molar-refractivity contribution in [1.29, 1.82) is 0 Å². The molecular weight excluding hydrogens is 334 g/mol. The number of benzene rings is 2. The zero-order chi connectivity index (χ0) is 17.4. The van der Waals surface area contributed by atoms with Crippen LogP contribution in [0.15, 0.2) is 42.5 Å². The highest BCUT2D eigenvalue weighted by molar-refractivity contribution is 6.30. The molecule has 0 radical (unpaired) electrons. The molecule has 25 heavy (non-hydrogen) atoms. The van der Waals surface area contributed by atoms with Crippen LogP contribution in [0.1, 0.15) is 35.8 Å². The van der Waals surface area contributed by atoms with Crippen molar-refractivity contribution >= 4 is 28.5 Å². The average molecular weight is 354 g/mol. The summed E-state index contributed by atoms with van der Waals surface area (Å²) < 4.78 is 0. The van der Waals surface area contributed by atoms with E-state index in [4.69, 9.17) is 16.6 Å². The normalized spacial score (nSPS) is 17.4. The number of aromatic amines is 1. The number of H-pyrrole nitrogens is 1. The van der Waals surface area contributed by atoms with E-state index in [0.717, 1.165) is 41.8 Å². The highest BCUT2D eigenvalue weighted by atomic mass is 35.5. The van der Waals surface area contributed by atoms with Gasteiger partial charge in [0.15, 0.2) is 0 Å². The van der Waals surface area contributed by atoms with Gasteiger partial charge >= 0.3 is 0 Å². The molecule has 0 bridgehead atoms. The van der Waals surface area contributed by atoms with Crippen LogP contribution in [0.3, 0.4) is 0 Å². The minimum absolute atomic E-state index is 0.0272. The van der Waals surface area contributed by atoms with Crippen LogP contribution in [-0.2, 0) is 11.2 Å². The van der Waals surface area contributed by atoms with Gasteiger partial charge in [-0.15, -0.1) is 0 Å². The van der Waals surface area contributed by atoms with Gasteiger partial charge in [-0.1, -0.05) is 29.8 Å². The number of aryl methyl sites for hydroxylation is 1. The predicted molar refractivity (Wildman–Crippen MR) is 99.7 cm³/mol. The number of rotatable bonds is 3. The lowest BCUT2D eigenvalue weighted by Crippen LogP contribution is -2.32. The second-order valence-corrected chi connectivity index (χ2v) is 7.13. The molecule has 1 unspecified atom stereocenters. The Kier molecular flexibility index (Phi) is 4.22. The summed E-state index contributed by atoms with van der Waals surface area (Å²) in [4.78, 5) is 22.9. The first kappa shape index (κ1) is 16.2. The SMILES string of the molecule is Cc1ccc2nc(C3CCCN3C(=O)Cc3cccc(Cl)c3)[nH]c2c1. The van der Waals surface area contributed by atoms with Gasteiger partial charge < -0.3 is 9.88 Å². The van der Waals surface area contributed by atoms with Gasteiger partial charge in [0, 0.05) is 11.6 Å². The van der Waals surface area contributed by atoms with Crippen LogP contribution in [0.2, 0.25) is 5.02 Å². The summed E-state index contributed by atoms with van der Waals surface area (Å²) in [7, 11) is 0. The van der Waals surface area contributed by atoms with Gasteiger partial charge in [0.2, 0.25) is 5.91 Å². The molecule has 0 saturated carbocycles. The number of hydrogen-bond donors (Lipinski definition) is 1.